The molecule has 0 heterocycles. The molecule has 14 heavy (non-hydrogen) atoms. The highest BCUT2D eigenvalue weighted by atomic mass is 16.5. The molecule has 0 aromatic heterocycles. The van der Waals surface area contributed by atoms with Gasteiger partial charge in [0.15, 0.2) is 0 Å². The average Bonchev–Trinajstić information content (AvgIpc) is 2.12. The summed E-state index contributed by atoms with van der Waals surface area (Å²) in [6, 6.07) is 0. The maximum absolute atomic E-state index is 10.9. The predicted octanol–water partition coefficient (Wildman–Crippen LogP) is -0.760. The van der Waals surface area contributed by atoms with E-state index in [0.717, 1.165) is 0 Å². The number of rotatable bonds is 8. The molecule has 0 aliphatic carbocycles. The van der Waals surface area contributed by atoms with Gasteiger partial charge in [0, 0.05) is 13.2 Å². The number of carbonyl (C=O) groups is 2. The first kappa shape index (κ1) is 12.9. The molecule has 0 saturated heterocycles. The van der Waals surface area contributed by atoms with Crippen LogP contribution in [0.2, 0.25) is 0 Å². The third kappa shape index (κ3) is 8.95. The molecule has 0 aromatic rings. The summed E-state index contributed by atoms with van der Waals surface area (Å²) in [5, 5.41) is 10.7. The van der Waals surface area contributed by atoms with Crippen molar-refractivity contribution in [1.82, 2.24) is 5.32 Å². The number of ether oxygens (including phenoxy) is 2. The summed E-state index contributed by atoms with van der Waals surface area (Å²) in [4.78, 5) is 20.9. The summed E-state index contributed by atoms with van der Waals surface area (Å²) in [6.07, 6.45) is 0. The Labute approximate surface area is 82.2 Å². The van der Waals surface area contributed by atoms with Crippen LogP contribution in [0.1, 0.15) is 6.92 Å². The van der Waals surface area contributed by atoms with Gasteiger partial charge in [0.05, 0.1) is 6.61 Å². The van der Waals surface area contributed by atoms with Crippen molar-refractivity contribution < 1.29 is 24.2 Å². The highest BCUT2D eigenvalue weighted by Gasteiger charge is 2.02. The maximum atomic E-state index is 10.9. The monoisotopic (exact) mass is 205 g/mol. The summed E-state index contributed by atoms with van der Waals surface area (Å²) in [5.41, 5.74) is 0. The van der Waals surface area contributed by atoms with Gasteiger partial charge in [0.25, 0.3) is 0 Å². The minimum atomic E-state index is -1.09. The Balaban J connectivity index is 3.24. The first-order chi connectivity index (χ1) is 6.66. The van der Waals surface area contributed by atoms with Gasteiger partial charge >= 0.3 is 5.97 Å². The van der Waals surface area contributed by atoms with Crippen LogP contribution in [-0.4, -0.2) is 50.0 Å². The van der Waals surface area contributed by atoms with Crippen molar-refractivity contribution in [2.24, 2.45) is 0 Å². The fourth-order valence-electron chi connectivity index (χ4n) is 0.689. The normalized spacial score (nSPS) is 9.79. The second-order valence-electron chi connectivity index (χ2n) is 2.43. The van der Waals surface area contributed by atoms with Crippen molar-refractivity contribution in [3.63, 3.8) is 0 Å². The van der Waals surface area contributed by atoms with Gasteiger partial charge in [-0.3, -0.25) is 4.79 Å². The first-order valence-corrected chi connectivity index (χ1v) is 4.30. The summed E-state index contributed by atoms with van der Waals surface area (Å²) in [7, 11) is 0. The fourth-order valence-corrected chi connectivity index (χ4v) is 0.689. The van der Waals surface area contributed by atoms with Crippen LogP contribution in [0.4, 0.5) is 0 Å². The Hall–Kier alpha value is -1.14. The van der Waals surface area contributed by atoms with E-state index >= 15 is 0 Å². The number of hydrogen-bond acceptors (Lipinski definition) is 4. The van der Waals surface area contributed by atoms with Crippen molar-refractivity contribution in [3.05, 3.63) is 0 Å². The SMILES string of the molecule is CCOCCNC(=O)COCC(=O)O. The van der Waals surface area contributed by atoms with Gasteiger partial charge in [-0.05, 0) is 6.92 Å². The molecule has 0 spiro atoms. The Morgan fingerprint density at radius 2 is 2.00 bits per heavy atom. The fraction of sp³-hybridized carbons (Fsp3) is 0.750. The number of nitrogens with one attached hydrogen (secondary N) is 1. The second-order valence-corrected chi connectivity index (χ2v) is 2.43. The second kappa shape index (κ2) is 8.46. The van der Waals surface area contributed by atoms with Crippen molar-refractivity contribution in [1.29, 1.82) is 0 Å². The van der Waals surface area contributed by atoms with Crippen molar-refractivity contribution in [3.8, 4) is 0 Å². The smallest absolute Gasteiger partial charge is 0.329 e. The van der Waals surface area contributed by atoms with Crippen LogP contribution >= 0.6 is 0 Å². The Morgan fingerprint density at radius 3 is 2.57 bits per heavy atom. The molecule has 0 unspecified atom stereocenters. The number of carboxylic acids is 1. The van der Waals surface area contributed by atoms with E-state index in [1.807, 2.05) is 6.92 Å². The molecule has 1 amide bonds. The summed E-state index contributed by atoms with van der Waals surface area (Å²) in [6.45, 7) is 2.62. The topological polar surface area (TPSA) is 84.9 Å². The van der Waals surface area contributed by atoms with Gasteiger partial charge in [0.1, 0.15) is 13.2 Å². The van der Waals surface area contributed by atoms with Gasteiger partial charge in [0.2, 0.25) is 5.91 Å². The number of carbonyl (C=O) groups excluding carboxylic acids is 1. The maximum Gasteiger partial charge on any atom is 0.329 e. The van der Waals surface area contributed by atoms with E-state index in [-0.39, 0.29) is 12.5 Å². The molecule has 0 fully saturated rings. The lowest BCUT2D eigenvalue weighted by molar-refractivity contribution is -0.143. The Morgan fingerprint density at radius 1 is 1.29 bits per heavy atom. The number of amides is 1. The van der Waals surface area contributed by atoms with Crippen LogP contribution in [0.25, 0.3) is 0 Å². The highest BCUT2D eigenvalue weighted by molar-refractivity contribution is 5.77. The molecule has 0 radical (unpaired) electrons. The van der Waals surface area contributed by atoms with E-state index in [4.69, 9.17) is 9.84 Å². The Kier molecular flexibility index (Phi) is 7.77. The average molecular weight is 205 g/mol. The van der Waals surface area contributed by atoms with Crippen LogP contribution in [-0.2, 0) is 19.1 Å². The molecular weight excluding hydrogens is 190 g/mol. The molecule has 6 nitrogen and oxygen atoms in total. The van der Waals surface area contributed by atoms with Gasteiger partial charge in [-0.15, -0.1) is 0 Å². The molecule has 0 saturated carbocycles. The van der Waals surface area contributed by atoms with E-state index in [1.54, 1.807) is 0 Å². The molecule has 6 heteroatoms. The van der Waals surface area contributed by atoms with E-state index in [0.29, 0.717) is 19.8 Å². The number of carboxylic acid groups (broad SMARTS) is 1. The molecular formula is C8H15NO5. The van der Waals surface area contributed by atoms with E-state index in [1.165, 1.54) is 0 Å². The molecule has 0 aromatic carbocycles. The van der Waals surface area contributed by atoms with Gasteiger partial charge < -0.3 is 19.9 Å². The summed E-state index contributed by atoms with van der Waals surface area (Å²) >= 11 is 0. The van der Waals surface area contributed by atoms with Gasteiger partial charge in [-0.1, -0.05) is 0 Å². The predicted molar refractivity (Wildman–Crippen MR) is 48.0 cm³/mol. The number of aliphatic carboxylic acids is 1. The van der Waals surface area contributed by atoms with Crippen molar-refractivity contribution in [2.75, 3.05) is 33.0 Å². The molecule has 2 N–H and O–H groups in total. The van der Waals surface area contributed by atoms with Crippen LogP contribution in [0.5, 0.6) is 0 Å². The van der Waals surface area contributed by atoms with Crippen molar-refractivity contribution >= 4 is 11.9 Å². The lowest BCUT2D eigenvalue weighted by atomic mass is 10.6. The zero-order valence-electron chi connectivity index (χ0n) is 8.12. The lowest BCUT2D eigenvalue weighted by Gasteiger charge is -2.04. The van der Waals surface area contributed by atoms with E-state index in [9.17, 15) is 9.59 Å². The minimum Gasteiger partial charge on any atom is -0.480 e. The third-order valence-corrected chi connectivity index (χ3v) is 1.23. The summed E-state index contributed by atoms with van der Waals surface area (Å²) < 4.78 is 9.54. The number of hydrogen-bond donors (Lipinski definition) is 2. The standard InChI is InChI=1S/C8H15NO5/c1-2-13-4-3-9-7(10)5-14-6-8(11)12/h2-6H2,1H3,(H,9,10)(H,11,12). The quantitative estimate of drug-likeness (QED) is 0.509. The molecule has 0 rings (SSSR count). The van der Waals surface area contributed by atoms with Crippen LogP contribution in [0.15, 0.2) is 0 Å². The molecule has 0 aliphatic heterocycles. The molecule has 0 bridgehead atoms. The third-order valence-electron chi connectivity index (χ3n) is 1.23. The van der Waals surface area contributed by atoms with Crippen LogP contribution < -0.4 is 5.32 Å². The van der Waals surface area contributed by atoms with Gasteiger partial charge in [-0.2, -0.15) is 0 Å². The molecule has 0 aliphatic rings. The lowest BCUT2D eigenvalue weighted by Crippen LogP contribution is -2.31. The first-order valence-electron chi connectivity index (χ1n) is 4.30. The highest BCUT2D eigenvalue weighted by Crippen LogP contribution is 1.76. The van der Waals surface area contributed by atoms with E-state index in [2.05, 4.69) is 10.1 Å². The zero-order chi connectivity index (χ0) is 10.8. The molecule has 0 atom stereocenters. The van der Waals surface area contributed by atoms with Crippen LogP contribution in [0.3, 0.4) is 0 Å². The summed E-state index contributed by atoms with van der Waals surface area (Å²) in [5.74, 6) is -1.43. The Bertz CT molecular complexity index is 183. The van der Waals surface area contributed by atoms with Gasteiger partial charge in [-0.25, -0.2) is 4.79 Å². The van der Waals surface area contributed by atoms with Crippen LogP contribution in [0, 0.1) is 0 Å². The molecule has 82 valence electrons. The van der Waals surface area contributed by atoms with Crippen molar-refractivity contribution in [2.45, 2.75) is 6.92 Å². The zero-order valence-corrected chi connectivity index (χ0v) is 8.12. The largest absolute Gasteiger partial charge is 0.480 e. The minimum absolute atomic E-state index is 0.238. The van der Waals surface area contributed by atoms with E-state index < -0.39 is 12.6 Å².